The van der Waals surface area contributed by atoms with Gasteiger partial charge in [0.15, 0.2) is 15.0 Å². The van der Waals surface area contributed by atoms with E-state index in [-0.39, 0.29) is 22.8 Å². The third kappa shape index (κ3) is 4.34. The van der Waals surface area contributed by atoms with E-state index >= 15 is 0 Å². The summed E-state index contributed by atoms with van der Waals surface area (Å²) in [5.74, 6) is -0.531. The van der Waals surface area contributed by atoms with Crippen molar-refractivity contribution in [1.82, 2.24) is 14.8 Å². The van der Waals surface area contributed by atoms with Crippen LogP contribution < -0.4 is 4.90 Å². The molecule has 0 fully saturated rings. The van der Waals surface area contributed by atoms with Gasteiger partial charge in [-0.15, -0.1) is 0 Å². The largest absolute Gasteiger partial charge is 0.282 e. The number of halogens is 1. The molecule has 1 amide bonds. The topological polar surface area (TPSA) is 85.2 Å². The summed E-state index contributed by atoms with van der Waals surface area (Å²) in [5.41, 5.74) is 0.727. The molecule has 0 radical (unpaired) electrons. The van der Waals surface area contributed by atoms with Crippen LogP contribution in [0.25, 0.3) is 10.2 Å². The van der Waals surface area contributed by atoms with E-state index in [2.05, 4.69) is 10.1 Å². The van der Waals surface area contributed by atoms with E-state index in [1.165, 1.54) is 28.4 Å². The molecule has 31 heavy (non-hydrogen) atoms. The smallest absolute Gasteiger partial charge is 0.261 e. The van der Waals surface area contributed by atoms with Crippen molar-refractivity contribution in [3.8, 4) is 0 Å². The summed E-state index contributed by atoms with van der Waals surface area (Å²) in [7, 11) is -3.58. The van der Waals surface area contributed by atoms with Crippen LogP contribution in [-0.4, -0.2) is 41.4 Å². The van der Waals surface area contributed by atoms with Crippen LogP contribution in [0.3, 0.4) is 0 Å². The zero-order chi connectivity index (χ0) is 22.0. The zero-order valence-corrected chi connectivity index (χ0v) is 19.0. The lowest BCUT2D eigenvalue weighted by Crippen LogP contribution is -2.35. The number of thiazole rings is 1. The van der Waals surface area contributed by atoms with E-state index in [0.717, 1.165) is 4.70 Å². The number of carbonyl (C=O) groups excluding carboxylic acids is 1. The van der Waals surface area contributed by atoms with Crippen LogP contribution in [0.1, 0.15) is 17.3 Å². The number of hydrogen-bond donors (Lipinski definition) is 0. The molecule has 10 heteroatoms. The van der Waals surface area contributed by atoms with E-state index < -0.39 is 15.7 Å². The fourth-order valence-corrected chi connectivity index (χ4v) is 5.53. The Hall–Kier alpha value is -2.75. The van der Waals surface area contributed by atoms with Crippen molar-refractivity contribution in [2.45, 2.75) is 18.4 Å². The summed E-state index contributed by atoms with van der Waals surface area (Å²) < 4.78 is 27.7. The van der Waals surface area contributed by atoms with Gasteiger partial charge in [-0.05, 0) is 30.3 Å². The van der Waals surface area contributed by atoms with Crippen molar-refractivity contribution in [1.29, 1.82) is 0 Å². The molecule has 0 atom stereocenters. The molecule has 4 rings (SSSR count). The van der Waals surface area contributed by atoms with Crippen LogP contribution in [0.2, 0.25) is 5.02 Å². The number of carbonyl (C=O) groups is 1. The molecule has 0 saturated heterocycles. The Balaban J connectivity index is 1.79. The van der Waals surface area contributed by atoms with Gasteiger partial charge < -0.3 is 0 Å². The van der Waals surface area contributed by atoms with Crippen LogP contribution in [-0.2, 0) is 16.4 Å². The molecule has 0 N–H and O–H groups in total. The van der Waals surface area contributed by atoms with E-state index in [1.54, 1.807) is 48.3 Å². The number of hydrogen-bond acceptors (Lipinski definition) is 6. The second-order valence-corrected chi connectivity index (χ2v) is 10.4. The van der Waals surface area contributed by atoms with Gasteiger partial charge in [-0.3, -0.25) is 14.4 Å². The van der Waals surface area contributed by atoms with Gasteiger partial charge in [0.2, 0.25) is 0 Å². The van der Waals surface area contributed by atoms with Gasteiger partial charge in [0, 0.05) is 18.9 Å². The maximum Gasteiger partial charge on any atom is 0.261 e. The number of aromatic nitrogens is 3. The maximum atomic E-state index is 13.6. The van der Waals surface area contributed by atoms with Gasteiger partial charge in [-0.1, -0.05) is 48.1 Å². The highest BCUT2D eigenvalue weighted by molar-refractivity contribution is 7.91. The van der Waals surface area contributed by atoms with Crippen molar-refractivity contribution in [3.05, 3.63) is 71.5 Å². The zero-order valence-electron chi connectivity index (χ0n) is 16.6. The predicted octanol–water partition coefficient (Wildman–Crippen LogP) is 4.29. The van der Waals surface area contributed by atoms with Gasteiger partial charge in [-0.25, -0.2) is 13.4 Å². The van der Waals surface area contributed by atoms with Crippen LogP contribution >= 0.6 is 22.9 Å². The first-order valence-corrected chi connectivity index (χ1v) is 12.4. The lowest BCUT2D eigenvalue weighted by Gasteiger charge is -2.21. The Morgan fingerprint density at radius 3 is 2.68 bits per heavy atom. The summed E-state index contributed by atoms with van der Waals surface area (Å²) in [4.78, 5) is 19.7. The number of fused-ring (bicyclic) bond motifs is 1. The molecule has 0 unspecified atom stereocenters. The van der Waals surface area contributed by atoms with Gasteiger partial charge in [0.1, 0.15) is 5.52 Å². The quantitative estimate of drug-likeness (QED) is 0.399. The molecule has 2 aromatic heterocycles. The van der Waals surface area contributed by atoms with Crippen molar-refractivity contribution in [2.75, 3.05) is 17.2 Å². The number of sulfone groups is 1. The molecule has 0 aliphatic rings. The van der Waals surface area contributed by atoms with E-state index in [0.29, 0.717) is 22.2 Å². The minimum atomic E-state index is -3.58. The SMILES string of the molecule is CCS(=O)(=O)c1ccccc1C(=O)N(CCn1cccn1)c1nc2c(Cl)cccc2s1. The summed E-state index contributed by atoms with van der Waals surface area (Å²) in [6.45, 7) is 2.24. The average Bonchev–Trinajstić information content (AvgIpc) is 3.44. The molecule has 7 nitrogen and oxygen atoms in total. The Bertz CT molecular complexity index is 1330. The minimum absolute atomic E-state index is 0.0192. The normalized spacial score (nSPS) is 11.7. The molecular formula is C21H19ClN4O3S2. The molecule has 0 bridgehead atoms. The average molecular weight is 475 g/mol. The number of rotatable bonds is 7. The molecule has 2 heterocycles. The van der Waals surface area contributed by atoms with Gasteiger partial charge >= 0.3 is 0 Å². The Kier molecular flexibility index (Phi) is 6.08. The van der Waals surface area contributed by atoms with E-state index in [4.69, 9.17) is 11.6 Å². The van der Waals surface area contributed by atoms with Crippen LogP contribution in [0.5, 0.6) is 0 Å². The van der Waals surface area contributed by atoms with Gasteiger partial charge in [0.05, 0.1) is 32.5 Å². The Labute approximate surface area is 188 Å². The third-order valence-corrected chi connectivity index (χ3v) is 7.91. The highest BCUT2D eigenvalue weighted by atomic mass is 35.5. The Morgan fingerprint density at radius 2 is 1.97 bits per heavy atom. The van der Waals surface area contributed by atoms with Crippen molar-refractivity contribution in [3.63, 3.8) is 0 Å². The fraction of sp³-hybridized carbons (Fsp3) is 0.190. The minimum Gasteiger partial charge on any atom is -0.282 e. The lowest BCUT2D eigenvalue weighted by atomic mass is 10.2. The van der Waals surface area contributed by atoms with Crippen molar-refractivity contribution < 1.29 is 13.2 Å². The van der Waals surface area contributed by atoms with E-state index in [9.17, 15) is 13.2 Å². The summed E-state index contributed by atoms with van der Waals surface area (Å²) >= 11 is 7.61. The predicted molar refractivity (Wildman–Crippen MR) is 123 cm³/mol. The Morgan fingerprint density at radius 1 is 1.16 bits per heavy atom. The van der Waals surface area contributed by atoms with Crippen LogP contribution in [0.4, 0.5) is 5.13 Å². The molecule has 2 aromatic carbocycles. The number of amides is 1. The molecule has 160 valence electrons. The molecule has 0 spiro atoms. The highest BCUT2D eigenvalue weighted by Gasteiger charge is 2.27. The summed E-state index contributed by atoms with van der Waals surface area (Å²) in [6.07, 6.45) is 3.46. The molecule has 0 aliphatic heterocycles. The summed E-state index contributed by atoms with van der Waals surface area (Å²) in [6, 6.07) is 13.5. The highest BCUT2D eigenvalue weighted by Crippen LogP contribution is 2.34. The van der Waals surface area contributed by atoms with Crippen LogP contribution in [0, 0.1) is 0 Å². The first-order valence-electron chi connectivity index (χ1n) is 9.57. The molecular weight excluding hydrogens is 456 g/mol. The number of nitrogens with zero attached hydrogens (tertiary/aromatic N) is 4. The first kappa shape index (κ1) is 21.5. The molecule has 4 aromatic rings. The second kappa shape index (κ2) is 8.78. The lowest BCUT2D eigenvalue weighted by molar-refractivity contribution is 0.0982. The standard InChI is InChI=1S/C21H19ClN4O3S2/c1-2-31(28,29)18-10-4-3-7-15(18)20(27)26(14-13-25-12-6-11-23-25)21-24-19-16(22)8-5-9-17(19)30-21/h3-12H,2,13-14H2,1H3. The fourth-order valence-electron chi connectivity index (χ4n) is 3.15. The van der Waals surface area contributed by atoms with E-state index in [1.807, 2.05) is 12.1 Å². The van der Waals surface area contributed by atoms with Gasteiger partial charge in [0.25, 0.3) is 5.91 Å². The molecule has 0 aliphatic carbocycles. The maximum absolute atomic E-state index is 13.6. The van der Waals surface area contributed by atoms with Crippen molar-refractivity contribution >= 4 is 54.0 Å². The van der Waals surface area contributed by atoms with Gasteiger partial charge in [-0.2, -0.15) is 5.10 Å². The van der Waals surface area contributed by atoms with Crippen molar-refractivity contribution in [2.24, 2.45) is 0 Å². The van der Waals surface area contributed by atoms with Crippen LogP contribution in [0.15, 0.2) is 65.8 Å². The first-order chi connectivity index (χ1) is 14.9. The molecule has 0 saturated carbocycles. The monoisotopic (exact) mass is 474 g/mol. The second-order valence-electron chi connectivity index (χ2n) is 6.71. The number of anilines is 1. The number of benzene rings is 2. The summed E-state index contributed by atoms with van der Waals surface area (Å²) in [5, 5.41) is 5.13. The number of para-hydroxylation sites is 1. The third-order valence-electron chi connectivity index (χ3n) is 4.78.